The lowest BCUT2D eigenvalue weighted by Crippen LogP contribution is -2.43. The Morgan fingerprint density at radius 1 is 1.65 bits per heavy atom. The van der Waals surface area contributed by atoms with E-state index in [1.54, 1.807) is 17.5 Å². The summed E-state index contributed by atoms with van der Waals surface area (Å²) in [7, 11) is 1.86. The minimum absolute atomic E-state index is 0.0680. The second-order valence-electron chi connectivity index (χ2n) is 4.01. The number of rotatable bonds is 5. The molecule has 2 heterocycles. The van der Waals surface area contributed by atoms with Crippen LogP contribution in [0.4, 0.5) is 0 Å². The van der Waals surface area contributed by atoms with Gasteiger partial charge in [0.15, 0.2) is 0 Å². The van der Waals surface area contributed by atoms with Crippen molar-refractivity contribution in [2.75, 3.05) is 26.8 Å². The molecule has 1 saturated heterocycles. The third kappa shape index (κ3) is 3.24. The molecule has 0 aromatic carbocycles. The van der Waals surface area contributed by atoms with Gasteiger partial charge in [-0.1, -0.05) is 0 Å². The first kappa shape index (κ1) is 12.5. The molecular formula is C11H17N3O2S. The smallest absolute Gasteiger partial charge is 0.227 e. The zero-order chi connectivity index (χ0) is 12.1. The number of nitrogens with zero attached hydrogens (tertiary/aromatic N) is 1. The number of hydrogen-bond donors (Lipinski definition) is 2. The van der Waals surface area contributed by atoms with Crippen molar-refractivity contribution in [1.82, 2.24) is 15.6 Å². The van der Waals surface area contributed by atoms with Gasteiger partial charge >= 0.3 is 0 Å². The molecule has 2 rings (SSSR count). The van der Waals surface area contributed by atoms with Crippen molar-refractivity contribution in [2.24, 2.45) is 5.92 Å². The van der Waals surface area contributed by atoms with E-state index in [1.807, 2.05) is 12.4 Å². The molecule has 0 spiro atoms. The average molecular weight is 255 g/mol. The number of ether oxygens (including phenoxy) is 1. The van der Waals surface area contributed by atoms with Crippen LogP contribution in [0.1, 0.15) is 5.01 Å². The van der Waals surface area contributed by atoms with Crippen LogP contribution in [0.25, 0.3) is 0 Å². The van der Waals surface area contributed by atoms with E-state index in [1.165, 1.54) is 0 Å². The molecule has 2 unspecified atom stereocenters. The molecule has 1 amide bonds. The lowest BCUT2D eigenvalue weighted by atomic mass is 10.0. The largest absolute Gasteiger partial charge is 0.379 e. The van der Waals surface area contributed by atoms with Crippen LogP contribution in [0.15, 0.2) is 11.6 Å². The van der Waals surface area contributed by atoms with Crippen molar-refractivity contribution in [2.45, 2.75) is 12.5 Å². The second kappa shape index (κ2) is 6.09. The summed E-state index contributed by atoms with van der Waals surface area (Å²) in [5.74, 6) is -0.00491. The Morgan fingerprint density at radius 3 is 3.24 bits per heavy atom. The first-order valence-electron chi connectivity index (χ1n) is 5.72. The number of carbonyl (C=O) groups is 1. The normalized spacial score (nSPS) is 23.8. The van der Waals surface area contributed by atoms with Crippen LogP contribution in [0.2, 0.25) is 0 Å². The Kier molecular flexibility index (Phi) is 4.47. The van der Waals surface area contributed by atoms with Gasteiger partial charge in [0, 0.05) is 30.6 Å². The highest BCUT2D eigenvalue weighted by Gasteiger charge is 2.32. The highest BCUT2D eigenvalue weighted by molar-refractivity contribution is 7.09. The average Bonchev–Trinajstić information content (AvgIpc) is 2.99. The quantitative estimate of drug-likeness (QED) is 0.779. The van der Waals surface area contributed by atoms with Gasteiger partial charge in [0.05, 0.1) is 24.1 Å². The highest BCUT2D eigenvalue weighted by atomic mass is 32.1. The van der Waals surface area contributed by atoms with Crippen LogP contribution in [0.3, 0.4) is 0 Å². The fourth-order valence-corrected chi connectivity index (χ4v) is 2.52. The van der Waals surface area contributed by atoms with E-state index in [0.29, 0.717) is 19.8 Å². The molecule has 1 fully saturated rings. The molecule has 2 N–H and O–H groups in total. The predicted octanol–water partition coefficient (Wildman–Crippen LogP) is 0.0362. The van der Waals surface area contributed by atoms with E-state index < -0.39 is 0 Å². The van der Waals surface area contributed by atoms with Crippen LogP contribution in [0, 0.1) is 5.92 Å². The van der Waals surface area contributed by atoms with Crippen molar-refractivity contribution < 1.29 is 9.53 Å². The standard InChI is InChI=1S/C11H17N3O2S/c1-12-9-7-16-6-8(9)11(15)14-3-2-10-13-4-5-17-10/h4-5,8-9,12H,2-3,6-7H2,1H3,(H,14,15). The molecule has 1 aromatic rings. The fourth-order valence-electron chi connectivity index (χ4n) is 1.90. The van der Waals surface area contributed by atoms with Crippen LogP contribution in [0.5, 0.6) is 0 Å². The Hall–Kier alpha value is -0.980. The van der Waals surface area contributed by atoms with Gasteiger partial charge in [-0.3, -0.25) is 4.79 Å². The van der Waals surface area contributed by atoms with Crippen molar-refractivity contribution in [3.63, 3.8) is 0 Å². The van der Waals surface area contributed by atoms with Gasteiger partial charge in [0.2, 0.25) is 5.91 Å². The SMILES string of the molecule is CNC1COCC1C(=O)NCCc1nccs1. The van der Waals surface area contributed by atoms with Gasteiger partial charge in [0.1, 0.15) is 0 Å². The molecule has 1 aromatic heterocycles. The summed E-state index contributed by atoms with van der Waals surface area (Å²) in [6, 6.07) is 0.134. The van der Waals surface area contributed by atoms with E-state index in [0.717, 1.165) is 11.4 Å². The highest BCUT2D eigenvalue weighted by Crippen LogP contribution is 2.13. The van der Waals surface area contributed by atoms with Crippen LogP contribution < -0.4 is 10.6 Å². The summed E-state index contributed by atoms with van der Waals surface area (Å²) >= 11 is 1.61. The monoisotopic (exact) mass is 255 g/mol. The van der Waals surface area contributed by atoms with Crippen LogP contribution >= 0.6 is 11.3 Å². The number of thiazole rings is 1. The van der Waals surface area contributed by atoms with E-state index in [2.05, 4.69) is 15.6 Å². The summed E-state index contributed by atoms with van der Waals surface area (Å²) < 4.78 is 5.30. The third-order valence-electron chi connectivity index (χ3n) is 2.91. The lowest BCUT2D eigenvalue weighted by Gasteiger charge is -2.16. The molecule has 17 heavy (non-hydrogen) atoms. The molecule has 0 bridgehead atoms. The van der Waals surface area contributed by atoms with Gasteiger partial charge in [-0.05, 0) is 7.05 Å². The topological polar surface area (TPSA) is 63.2 Å². The second-order valence-corrected chi connectivity index (χ2v) is 4.99. The number of carbonyl (C=O) groups excluding carboxylic acids is 1. The first-order valence-corrected chi connectivity index (χ1v) is 6.60. The predicted molar refractivity (Wildman–Crippen MR) is 66.0 cm³/mol. The van der Waals surface area contributed by atoms with Gasteiger partial charge in [0.25, 0.3) is 0 Å². The summed E-state index contributed by atoms with van der Waals surface area (Å²) in [6.07, 6.45) is 2.57. The van der Waals surface area contributed by atoms with Gasteiger partial charge < -0.3 is 15.4 Å². The Morgan fingerprint density at radius 2 is 2.53 bits per heavy atom. The third-order valence-corrected chi connectivity index (χ3v) is 3.75. The summed E-state index contributed by atoms with van der Waals surface area (Å²) in [4.78, 5) is 16.1. The number of nitrogens with one attached hydrogen (secondary N) is 2. The Balaban J connectivity index is 1.73. The van der Waals surface area contributed by atoms with Crippen LogP contribution in [-0.4, -0.2) is 43.7 Å². The number of amides is 1. The minimum atomic E-state index is -0.0729. The van der Waals surface area contributed by atoms with Crippen molar-refractivity contribution in [3.8, 4) is 0 Å². The van der Waals surface area contributed by atoms with Gasteiger partial charge in [-0.2, -0.15) is 0 Å². The molecule has 1 aliphatic heterocycles. The van der Waals surface area contributed by atoms with Crippen molar-refractivity contribution >= 4 is 17.2 Å². The molecule has 2 atom stereocenters. The molecule has 0 radical (unpaired) electrons. The maximum atomic E-state index is 11.9. The number of hydrogen-bond acceptors (Lipinski definition) is 5. The van der Waals surface area contributed by atoms with Gasteiger partial charge in [-0.15, -0.1) is 11.3 Å². The molecule has 0 saturated carbocycles. The van der Waals surface area contributed by atoms with Crippen LogP contribution in [-0.2, 0) is 16.0 Å². The fraction of sp³-hybridized carbons (Fsp3) is 0.636. The Bertz CT molecular complexity index is 356. The van der Waals surface area contributed by atoms with E-state index in [-0.39, 0.29) is 17.9 Å². The van der Waals surface area contributed by atoms with E-state index in [4.69, 9.17) is 4.74 Å². The zero-order valence-corrected chi connectivity index (χ0v) is 10.6. The molecule has 5 nitrogen and oxygen atoms in total. The summed E-state index contributed by atoms with van der Waals surface area (Å²) in [6.45, 7) is 1.76. The lowest BCUT2D eigenvalue weighted by molar-refractivity contribution is -0.125. The summed E-state index contributed by atoms with van der Waals surface area (Å²) in [5.41, 5.74) is 0. The molecule has 94 valence electrons. The minimum Gasteiger partial charge on any atom is -0.379 e. The summed E-state index contributed by atoms with van der Waals surface area (Å²) in [5, 5.41) is 9.03. The van der Waals surface area contributed by atoms with E-state index in [9.17, 15) is 4.79 Å². The first-order chi connectivity index (χ1) is 8.31. The van der Waals surface area contributed by atoms with Crippen molar-refractivity contribution in [1.29, 1.82) is 0 Å². The maximum Gasteiger partial charge on any atom is 0.227 e. The maximum absolute atomic E-state index is 11.9. The van der Waals surface area contributed by atoms with Gasteiger partial charge in [-0.25, -0.2) is 4.98 Å². The number of aromatic nitrogens is 1. The molecule has 6 heteroatoms. The van der Waals surface area contributed by atoms with Crippen molar-refractivity contribution in [3.05, 3.63) is 16.6 Å². The molecule has 1 aliphatic rings. The number of likely N-dealkylation sites (N-methyl/N-ethyl adjacent to an activating group) is 1. The molecule has 0 aliphatic carbocycles. The van der Waals surface area contributed by atoms with E-state index >= 15 is 0 Å². The molecular weight excluding hydrogens is 238 g/mol. The Labute approximate surface area is 105 Å². The zero-order valence-electron chi connectivity index (χ0n) is 9.81.